The van der Waals surface area contributed by atoms with Crippen molar-refractivity contribution in [2.75, 3.05) is 17.6 Å². The number of anilines is 2. The lowest BCUT2D eigenvalue weighted by molar-refractivity contribution is -0.138. The summed E-state index contributed by atoms with van der Waals surface area (Å²) in [5, 5.41) is 3.18. The average Bonchev–Trinajstić information content (AvgIpc) is 2.62. The maximum Gasteiger partial charge on any atom is 0.416 e. The first-order valence-electron chi connectivity index (χ1n) is 8.70. The minimum Gasteiger partial charge on any atom is -0.368 e. The molecule has 0 aliphatic heterocycles. The summed E-state index contributed by atoms with van der Waals surface area (Å²) in [6.45, 7) is 2.77. The van der Waals surface area contributed by atoms with Gasteiger partial charge < -0.3 is 11.1 Å². The molecule has 0 atom stereocenters. The van der Waals surface area contributed by atoms with Gasteiger partial charge in [0.15, 0.2) is 5.82 Å². The Labute approximate surface area is 154 Å². The Morgan fingerprint density at radius 1 is 1.04 bits per heavy atom. The predicted octanol–water partition coefficient (Wildman–Crippen LogP) is 4.43. The molecule has 0 fully saturated rings. The molecule has 0 spiro atoms. The van der Waals surface area contributed by atoms with Crippen LogP contribution in [0.25, 0.3) is 11.0 Å². The molecule has 142 valence electrons. The Balaban J connectivity index is 1.97. The summed E-state index contributed by atoms with van der Waals surface area (Å²) in [5.74, 6) is 0.621. The summed E-state index contributed by atoms with van der Waals surface area (Å²) >= 11 is 0. The van der Waals surface area contributed by atoms with Crippen molar-refractivity contribution < 1.29 is 13.2 Å². The number of alkyl halides is 3. The number of unbranched alkanes of at least 4 members (excludes halogenated alkanes) is 1. The summed E-state index contributed by atoms with van der Waals surface area (Å²) in [5.41, 5.74) is 6.82. The zero-order chi connectivity index (χ0) is 19.4. The topological polar surface area (TPSA) is 76.7 Å². The van der Waals surface area contributed by atoms with E-state index < -0.39 is 11.7 Å². The number of hydrogen-bond acceptors (Lipinski definition) is 5. The third kappa shape index (κ3) is 4.45. The van der Waals surface area contributed by atoms with E-state index in [1.807, 2.05) is 0 Å². The summed E-state index contributed by atoms with van der Waals surface area (Å²) < 4.78 is 39.7. The first-order valence-corrected chi connectivity index (χ1v) is 8.70. The molecule has 0 saturated heterocycles. The van der Waals surface area contributed by atoms with Gasteiger partial charge in [-0.15, -0.1) is 0 Å². The van der Waals surface area contributed by atoms with Gasteiger partial charge >= 0.3 is 6.18 Å². The smallest absolute Gasteiger partial charge is 0.368 e. The van der Waals surface area contributed by atoms with Crippen LogP contribution in [0.2, 0.25) is 0 Å². The fraction of sp³-hybridized carbons (Fsp3) is 0.316. The van der Waals surface area contributed by atoms with E-state index in [0.717, 1.165) is 18.9 Å². The summed E-state index contributed by atoms with van der Waals surface area (Å²) in [4.78, 5) is 12.8. The predicted molar refractivity (Wildman–Crippen MR) is 99.4 cm³/mol. The monoisotopic (exact) mass is 375 g/mol. The quantitative estimate of drug-likeness (QED) is 0.624. The molecular formula is C19H20F3N5. The van der Waals surface area contributed by atoms with Crippen molar-refractivity contribution in [2.24, 2.45) is 0 Å². The second kappa shape index (κ2) is 7.77. The van der Waals surface area contributed by atoms with Gasteiger partial charge in [0.1, 0.15) is 5.52 Å². The van der Waals surface area contributed by atoms with E-state index in [1.54, 1.807) is 18.2 Å². The van der Waals surface area contributed by atoms with Crippen LogP contribution in [0.15, 0.2) is 36.4 Å². The maximum atomic E-state index is 13.2. The zero-order valence-corrected chi connectivity index (χ0v) is 14.8. The number of benzene rings is 1. The van der Waals surface area contributed by atoms with Crippen molar-refractivity contribution >= 4 is 22.8 Å². The molecule has 0 aliphatic carbocycles. The number of fused-ring (bicyclic) bond motifs is 1. The molecule has 27 heavy (non-hydrogen) atoms. The van der Waals surface area contributed by atoms with E-state index in [0.29, 0.717) is 29.1 Å². The molecule has 8 heteroatoms. The lowest BCUT2D eigenvalue weighted by Gasteiger charge is -2.13. The molecular weight excluding hydrogens is 355 g/mol. The zero-order valence-electron chi connectivity index (χ0n) is 14.8. The average molecular weight is 375 g/mol. The van der Waals surface area contributed by atoms with Gasteiger partial charge in [-0.1, -0.05) is 31.5 Å². The number of nitrogen functional groups attached to an aromatic ring is 1. The van der Waals surface area contributed by atoms with Gasteiger partial charge in [-0.2, -0.15) is 18.2 Å². The van der Waals surface area contributed by atoms with Gasteiger partial charge in [-0.25, -0.2) is 9.97 Å². The van der Waals surface area contributed by atoms with E-state index in [1.165, 1.54) is 12.1 Å². The molecule has 1 aromatic carbocycles. The molecule has 3 aromatic rings. The van der Waals surface area contributed by atoms with Crippen molar-refractivity contribution in [3.8, 4) is 0 Å². The SMILES string of the molecule is CCCCNc1nc(N)nc2ccc(Cc3ccccc3C(F)(F)F)nc12. The van der Waals surface area contributed by atoms with Gasteiger partial charge in [0.25, 0.3) is 0 Å². The lowest BCUT2D eigenvalue weighted by atomic mass is 10.0. The third-order valence-electron chi connectivity index (χ3n) is 4.13. The van der Waals surface area contributed by atoms with E-state index in [9.17, 15) is 13.2 Å². The molecule has 0 aliphatic rings. The Morgan fingerprint density at radius 2 is 1.81 bits per heavy atom. The molecule has 3 N–H and O–H groups in total. The number of rotatable bonds is 6. The maximum absolute atomic E-state index is 13.2. The number of hydrogen-bond donors (Lipinski definition) is 2. The van der Waals surface area contributed by atoms with Crippen LogP contribution in [0, 0.1) is 0 Å². The Morgan fingerprint density at radius 3 is 2.56 bits per heavy atom. The molecule has 0 saturated carbocycles. The normalized spacial score (nSPS) is 11.7. The highest BCUT2D eigenvalue weighted by Crippen LogP contribution is 2.33. The minimum atomic E-state index is -4.40. The Hall–Kier alpha value is -2.90. The van der Waals surface area contributed by atoms with Crippen LogP contribution in [0.4, 0.5) is 24.9 Å². The van der Waals surface area contributed by atoms with Gasteiger partial charge in [0.2, 0.25) is 5.95 Å². The van der Waals surface area contributed by atoms with Crippen LogP contribution in [0.1, 0.15) is 36.6 Å². The number of nitrogens with two attached hydrogens (primary N) is 1. The van der Waals surface area contributed by atoms with Gasteiger partial charge in [0, 0.05) is 18.7 Å². The summed E-state index contributed by atoms with van der Waals surface area (Å²) in [7, 11) is 0. The summed E-state index contributed by atoms with van der Waals surface area (Å²) in [6, 6.07) is 8.89. The number of nitrogens with zero attached hydrogens (tertiary/aromatic N) is 3. The fourth-order valence-electron chi connectivity index (χ4n) is 2.82. The molecule has 0 bridgehead atoms. The van der Waals surface area contributed by atoms with Crippen LogP contribution < -0.4 is 11.1 Å². The van der Waals surface area contributed by atoms with Gasteiger partial charge in [-0.3, -0.25) is 0 Å². The third-order valence-corrected chi connectivity index (χ3v) is 4.13. The molecule has 5 nitrogen and oxygen atoms in total. The number of halogens is 3. The molecule has 2 aromatic heterocycles. The molecule has 3 rings (SSSR count). The number of aromatic nitrogens is 3. The molecule has 0 radical (unpaired) electrons. The minimum absolute atomic E-state index is 0.0599. The number of nitrogens with one attached hydrogen (secondary N) is 1. The molecule has 0 amide bonds. The number of pyridine rings is 1. The first-order chi connectivity index (χ1) is 12.9. The van der Waals surface area contributed by atoms with Crippen LogP contribution in [-0.4, -0.2) is 21.5 Å². The van der Waals surface area contributed by atoms with Crippen LogP contribution in [-0.2, 0) is 12.6 Å². The highest BCUT2D eigenvalue weighted by molar-refractivity contribution is 5.86. The van der Waals surface area contributed by atoms with E-state index in [2.05, 4.69) is 27.2 Å². The van der Waals surface area contributed by atoms with Gasteiger partial charge in [0.05, 0.1) is 11.1 Å². The van der Waals surface area contributed by atoms with Crippen molar-refractivity contribution in [2.45, 2.75) is 32.4 Å². The van der Waals surface area contributed by atoms with Crippen molar-refractivity contribution in [3.05, 3.63) is 53.2 Å². The Kier molecular flexibility index (Phi) is 5.43. The van der Waals surface area contributed by atoms with E-state index in [4.69, 9.17) is 5.73 Å². The van der Waals surface area contributed by atoms with E-state index >= 15 is 0 Å². The van der Waals surface area contributed by atoms with Crippen LogP contribution in [0.5, 0.6) is 0 Å². The van der Waals surface area contributed by atoms with Crippen molar-refractivity contribution in [1.82, 2.24) is 15.0 Å². The Bertz CT molecular complexity index is 940. The van der Waals surface area contributed by atoms with Gasteiger partial charge in [-0.05, 0) is 30.2 Å². The van der Waals surface area contributed by atoms with Crippen LogP contribution >= 0.6 is 0 Å². The second-order valence-corrected chi connectivity index (χ2v) is 6.21. The highest BCUT2D eigenvalue weighted by atomic mass is 19.4. The lowest BCUT2D eigenvalue weighted by Crippen LogP contribution is -2.10. The molecule has 0 unspecified atom stereocenters. The molecule has 2 heterocycles. The standard InChI is InChI=1S/C19H20F3N5/c1-2-3-10-24-17-16-15(26-18(23)27-17)9-8-13(25-16)11-12-6-4-5-7-14(12)19(20,21)22/h4-9H,2-3,10-11H2,1H3,(H3,23,24,26,27). The summed E-state index contributed by atoms with van der Waals surface area (Å²) in [6.07, 6.45) is -2.38. The van der Waals surface area contributed by atoms with Crippen LogP contribution in [0.3, 0.4) is 0 Å². The van der Waals surface area contributed by atoms with E-state index in [-0.39, 0.29) is 17.9 Å². The first kappa shape index (κ1) is 18.9. The van der Waals surface area contributed by atoms with Crippen molar-refractivity contribution in [1.29, 1.82) is 0 Å². The van der Waals surface area contributed by atoms with Crippen molar-refractivity contribution in [3.63, 3.8) is 0 Å². The second-order valence-electron chi connectivity index (χ2n) is 6.21. The fourth-order valence-corrected chi connectivity index (χ4v) is 2.82. The highest BCUT2D eigenvalue weighted by Gasteiger charge is 2.32. The largest absolute Gasteiger partial charge is 0.416 e.